The van der Waals surface area contributed by atoms with Gasteiger partial charge < -0.3 is 25.7 Å². The average Bonchev–Trinajstić information content (AvgIpc) is 2.94. The van der Waals surface area contributed by atoms with Crippen LogP contribution in [0, 0.1) is 0 Å². The van der Waals surface area contributed by atoms with Gasteiger partial charge in [-0.15, -0.1) is 0 Å². The minimum Gasteiger partial charge on any atom is -0.376 e. The van der Waals surface area contributed by atoms with Crippen molar-refractivity contribution in [3.8, 4) is 0 Å². The molecule has 1 unspecified atom stereocenters. The Bertz CT molecular complexity index is 792. The summed E-state index contributed by atoms with van der Waals surface area (Å²) < 4.78 is 19.0. The Morgan fingerprint density at radius 1 is 0.500 bits per heavy atom. The van der Waals surface area contributed by atoms with Crippen LogP contribution in [0.25, 0.3) is 0 Å². The Hall–Kier alpha value is 0.110. The minimum atomic E-state index is -0.225. The topological polar surface area (TPSA) is 83.0 Å². The van der Waals surface area contributed by atoms with Crippen LogP contribution in [-0.4, -0.2) is 70.6 Å². The molecule has 0 aromatic heterocycles. The maximum atomic E-state index is 6.36. The Balaban J connectivity index is 5.18. The first-order valence-electron chi connectivity index (χ1n) is 20.0. The molecule has 4 N–H and O–H groups in total. The molecule has 0 aromatic carbocycles. The molecule has 0 rings (SSSR count). The van der Waals surface area contributed by atoms with E-state index in [9.17, 15) is 0 Å². The Morgan fingerprint density at radius 2 is 0.917 bits per heavy atom. The number of ether oxygens (including phenoxy) is 3. The van der Waals surface area contributed by atoms with Crippen LogP contribution >= 0.6 is 12.6 Å². The van der Waals surface area contributed by atoms with Crippen molar-refractivity contribution >= 4 is 12.6 Å². The first kappa shape index (κ1) is 48.1. The summed E-state index contributed by atoms with van der Waals surface area (Å²) >= 11 is 5.37. The number of nitrogens with zero attached hydrogens (tertiary/aromatic N) is 1. The van der Waals surface area contributed by atoms with Gasteiger partial charge in [-0.2, -0.15) is 12.6 Å². The maximum absolute atomic E-state index is 6.36. The van der Waals surface area contributed by atoms with Crippen LogP contribution in [0.15, 0.2) is 0 Å². The number of nitrogens with two attached hydrogens (primary N) is 2. The van der Waals surface area contributed by atoms with Gasteiger partial charge in [-0.3, -0.25) is 4.90 Å². The second-order valence-corrected chi connectivity index (χ2v) is 19.1. The van der Waals surface area contributed by atoms with E-state index in [1.54, 1.807) is 0 Å². The first-order valence-corrected chi connectivity index (χ1v) is 20.4. The molecule has 0 bridgehead atoms. The van der Waals surface area contributed by atoms with Gasteiger partial charge in [0.1, 0.15) is 0 Å². The number of rotatable bonds is 32. The molecule has 0 aliphatic heterocycles. The molecule has 0 spiro atoms. The van der Waals surface area contributed by atoms with E-state index in [1.165, 1.54) is 19.3 Å². The van der Waals surface area contributed by atoms with Crippen molar-refractivity contribution in [2.24, 2.45) is 11.5 Å². The lowest BCUT2D eigenvalue weighted by Crippen LogP contribution is -2.54. The van der Waals surface area contributed by atoms with Crippen molar-refractivity contribution in [2.45, 2.75) is 231 Å². The van der Waals surface area contributed by atoms with Gasteiger partial charge in [-0.1, -0.05) is 26.2 Å². The average molecular weight is 702 g/mol. The zero-order valence-corrected chi connectivity index (χ0v) is 35.4. The third kappa shape index (κ3) is 25.1. The minimum absolute atomic E-state index is 0.0261. The standard InChI is InChI=1S/C41H87N3O3S/c1-13-14-15-27-38(6,7)46-34-23-19-26-37(4,5)44(41(12,48)30-24-35-47-39(8,9)28-16-20-31-42)32-21-17-29-40(10,11)45-33-22-18-25-36(2,3)43/h48H,13-35,42-43H2,1-12H3. The molecule has 0 saturated carbocycles. The van der Waals surface area contributed by atoms with E-state index in [0.717, 1.165) is 129 Å². The molecule has 0 fully saturated rings. The fourth-order valence-corrected chi connectivity index (χ4v) is 7.32. The summed E-state index contributed by atoms with van der Waals surface area (Å²) in [6, 6.07) is 0. The highest BCUT2D eigenvalue weighted by Gasteiger charge is 2.38. The van der Waals surface area contributed by atoms with Crippen molar-refractivity contribution in [3.63, 3.8) is 0 Å². The monoisotopic (exact) mass is 702 g/mol. The second kappa shape index (κ2) is 23.6. The van der Waals surface area contributed by atoms with E-state index in [4.69, 9.17) is 38.3 Å². The number of unbranched alkanes of at least 4 members (excludes halogenated alkanes) is 6. The van der Waals surface area contributed by atoms with Crippen LogP contribution in [-0.2, 0) is 14.2 Å². The predicted octanol–water partition coefficient (Wildman–Crippen LogP) is 10.8. The Labute approximate surface area is 306 Å². The molecule has 1 atom stereocenters. The van der Waals surface area contributed by atoms with Crippen LogP contribution in [0.4, 0.5) is 0 Å². The summed E-state index contributed by atoms with van der Waals surface area (Å²) in [7, 11) is 0. The van der Waals surface area contributed by atoms with E-state index < -0.39 is 0 Å². The predicted molar refractivity (Wildman–Crippen MR) is 214 cm³/mol. The molecule has 0 aliphatic rings. The summed E-state index contributed by atoms with van der Waals surface area (Å²) in [5.41, 5.74) is 11.5. The summed E-state index contributed by atoms with van der Waals surface area (Å²) in [6.07, 6.45) is 20.1. The van der Waals surface area contributed by atoms with Gasteiger partial charge in [0.25, 0.3) is 0 Å². The number of hydrogen-bond donors (Lipinski definition) is 3. The van der Waals surface area contributed by atoms with Crippen LogP contribution in [0.2, 0.25) is 0 Å². The lowest BCUT2D eigenvalue weighted by Gasteiger charge is -2.49. The molecule has 0 aliphatic carbocycles. The molecule has 0 heterocycles. The molecule has 48 heavy (non-hydrogen) atoms. The molecular formula is C41H87N3O3S. The number of thiol groups is 1. The summed E-state index contributed by atoms with van der Waals surface area (Å²) in [5, 5.41) is 0. The van der Waals surface area contributed by atoms with Crippen molar-refractivity contribution in [2.75, 3.05) is 32.9 Å². The molecular weight excluding hydrogens is 615 g/mol. The van der Waals surface area contributed by atoms with Crippen molar-refractivity contribution in [1.29, 1.82) is 0 Å². The molecule has 6 nitrogen and oxygen atoms in total. The maximum Gasteiger partial charge on any atom is 0.0626 e. The fourth-order valence-electron chi connectivity index (χ4n) is 6.79. The molecule has 290 valence electrons. The smallest absolute Gasteiger partial charge is 0.0626 e. The van der Waals surface area contributed by atoms with E-state index >= 15 is 0 Å². The van der Waals surface area contributed by atoms with Gasteiger partial charge in [0.2, 0.25) is 0 Å². The van der Waals surface area contributed by atoms with Crippen molar-refractivity contribution < 1.29 is 14.2 Å². The Morgan fingerprint density at radius 3 is 1.38 bits per heavy atom. The molecule has 0 saturated heterocycles. The van der Waals surface area contributed by atoms with Gasteiger partial charge >= 0.3 is 0 Å². The largest absolute Gasteiger partial charge is 0.376 e. The second-order valence-electron chi connectivity index (χ2n) is 18.2. The van der Waals surface area contributed by atoms with Gasteiger partial charge in [-0.25, -0.2) is 0 Å². The molecule has 0 radical (unpaired) electrons. The van der Waals surface area contributed by atoms with E-state index in [-0.39, 0.29) is 32.8 Å². The quantitative estimate of drug-likeness (QED) is 0.0368. The van der Waals surface area contributed by atoms with E-state index in [2.05, 4.69) is 88.0 Å². The lowest BCUT2D eigenvalue weighted by atomic mass is 9.91. The van der Waals surface area contributed by atoms with Crippen LogP contribution in [0.3, 0.4) is 0 Å². The molecule has 0 amide bonds. The zero-order valence-electron chi connectivity index (χ0n) is 34.5. The summed E-state index contributed by atoms with van der Waals surface area (Å²) in [4.78, 5) is 2.46. The summed E-state index contributed by atoms with van der Waals surface area (Å²) in [6.45, 7) is 31.2. The van der Waals surface area contributed by atoms with E-state index in [1.807, 2.05) is 0 Å². The zero-order chi connectivity index (χ0) is 37.0. The molecule has 0 aromatic rings. The van der Waals surface area contributed by atoms with Crippen molar-refractivity contribution in [1.82, 2.24) is 4.90 Å². The third-order valence-corrected chi connectivity index (χ3v) is 10.5. The summed E-state index contributed by atoms with van der Waals surface area (Å²) in [5.74, 6) is 0. The third-order valence-electron chi connectivity index (χ3n) is 10.0. The highest BCUT2D eigenvalue weighted by Crippen LogP contribution is 2.36. The van der Waals surface area contributed by atoms with Gasteiger partial charge in [0, 0.05) is 30.9 Å². The number of hydrogen-bond acceptors (Lipinski definition) is 7. The molecule has 7 heteroatoms. The normalized spacial score (nSPS) is 15.0. The fraction of sp³-hybridized carbons (Fsp3) is 1.00. The SMILES string of the molecule is CCCCCC(C)(C)OCCCCC(C)(C)N(CCCCC(C)(C)OCCCCC(C)(C)N)C(C)(S)CCCOC(C)(C)CCCCN. The highest BCUT2D eigenvalue weighted by molar-refractivity contribution is 7.81. The first-order chi connectivity index (χ1) is 22.1. The van der Waals surface area contributed by atoms with Crippen LogP contribution < -0.4 is 11.5 Å². The van der Waals surface area contributed by atoms with Crippen molar-refractivity contribution in [3.05, 3.63) is 0 Å². The van der Waals surface area contributed by atoms with Gasteiger partial charge in [0.15, 0.2) is 0 Å². The Kier molecular flexibility index (Phi) is 23.7. The van der Waals surface area contributed by atoms with Gasteiger partial charge in [-0.05, 0) is 186 Å². The van der Waals surface area contributed by atoms with Crippen LogP contribution in [0.5, 0.6) is 0 Å². The lowest BCUT2D eigenvalue weighted by molar-refractivity contribution is -0.0348. The van der Waals surface area contributed by atoms with Gasteiger partial charge in [0.05, 0.1) is 21.7 Å². The van der Waals surface area contributed by atoms with Crippen LogP contribution in [0.1, 0.15) is 199 Å². The highest BCUT2D eigenvalue weighted by atomic mass is 32.1. The van der Waals surface area contributed by atoms with E-state index in [0.29, 0.717) is 0 Å².